The topological polar surface area (TPSA) is 79.8 Å². The van der Waals surface area contributed by atoms with E-state index in [4.69, 9.17) is 0 Å². The molecule has 2 rings (SSSR count). The fourth-order valence-corrected chi connectivity index (χ4v) is 1.72. The number of aromatic nitrogens is 3. The second-order valence-corrected chi connectivity index (χ2v) is 4.45. The predicted octanol–water partition coefficient (Wildman–Crippen LogP) is 1.46. The molecule has 0 aliphatic rings. The molecule has 2 aromatic rings. The number of hydrogen-bond donors (Lipinski definition) is 2. The van der Waals surface area contributed by atoms with Crippen LogP contribution in [0, 0.1) is 13.8 Å². The number of pyridine rings is 1. The zero-order valence-corrected chi connectivity index (χ0v) is 11.8. The van der Waals surface area contributed by atoms with E-state index < -0.39 is 0 Å². The molecule has 2 heterocycles. The van der Waals surface area contributed by atoms with E-state index in [9.17, 15) is 4.79 Å². The maximum Gasteiger partial charge on any atom is 0.255 e. The molecule has 0 aliphatic carbocycles. The first-order chi connectivity index (χ1) is 9.60. The van der Waals surface area contributed by atoms with Gasteiger partial charge in [-0.15, -0.1) is 0 Å². The monoisotopic (exact) mass is 271 g/mol. The summed E-state index contributed by atoms with van der Waals surface area (Å²) in [5, 5.41) is 5.80. The first-order valence-corrected chi connectivity index (χ1v) is 6.30. The van der Waals surface area contributed by atoms with Crippen molar-refractivity contribution in [2.45, 2.75) is 20.4 Å². The molecular formula is C14H17N5O. The van der Waals surface area contributed by atoms with Gasteiger partial charge in [0.05, 0.1) is 35.4 Å². The third-order valence-corrected chi connectivity index (χ3v) is 2.82. The lowest BCUT2D eigenvalue weighted by Crippen LogP contribution is -2.24. The molecule has 20 heavy (non-hydrogen) atoms. The highest BCUT2D eigenvalue weighted by Gasteiger charge is 2.11. The molecule has 6 nitrogen and oxygen atoms in total. The summed E-state index contributed by atoms with van der Waals surface area (Å²) in [6.45, 7) is 4.08. The van der Waals surface area contributed by atoms with Crippen LogP contribution in [-0.4, -0.2) is 27.9 Å². The van der Waals surface area contributed by atoms with Crippen molar-refractivity contribution in [2.24, 2.45) is 0 Å². The normalized spacial score (nSPS) is 10.2. The minimum atomic E-state index is -0.191. The molecule has 0 saturated carbocycles. The summed E-state index contributed by atoms with van der Waals surface area (Å²) in [6.07, 6.45) is 4.90. The highest BCUT2D eigenvalue weighted by atomic mass is 16.1. The van der Waals surface area contributed by atoms with Gasteiger partial charge in [0.15, 0.2) is 0 Å². The zero-order valence-electron chi connectivity index (χ0n) is 11.8. The lowest BCUT2D eigenvalue weighted by molar-refractivity contribution is 0.0951. The van der Waals surface area contributed by atoms with E-state index in [1.165, 1.54) is 0 Å². The smallest absolute Gasteiger partial charge is 0.255 e. The van der Waals surface area contributed by atoms with Gasteiger partial charge in [-0.1, -0.05) is 0 Å². The van der Waals surface area contributed by atoms with Crippen LogP contribution in [-0.2, 0) is 6.54 Å². The van der Waals surface area contributed by atoms with Gasteiger partial charge in [0.2, 0.25) is 0 Å². The van der Waals surface area contributed by atoms with Gasteiger partial charge in [-0.25, -0.2) is 0 Å². The van der Waals surface area contributed by atoms with E-state index in [1.54, 1.807) is 25.6 Å². The Bertz CT molecular complexity index is 609. The van der Waals surface area contributed by atoms with E-state index in [0.29, 0.717) is 12.1 Å². The van der Waals surface area contributed by atoms with Crippen LogP contribution in [0.5, 0.6) is 0 Å². The fourth-order valence-electron chi connectivity index (χ4n) is 1.72. The van der Waals surface area contributed by atoms with Crippen LogP contribution in [0.25, 0.3) is 0 Å². The standard InChI is InChI=1S/C14H17N5O/c1-9-4-13(15-3)12(8-17-9)14(20)19-7-11-6-16-10(2)5-18-11/h4-6,8H,7H2,1-3H3,(H,15,17)(H,19,20). The third-order valence-electron chi connectivity index (χ3n) is 2.82. The molecule has 0 radical (unpaired) electrons. The summed E-state index contributed by atoms with van der Waals surface area (Å²) in [7, 11) is 1.77. The molecular weight excluding hydrogens is 254 g/mol. The molecule has 6 heteroatoms. The quantitative estimate of drug-likeness (QED) is 0.880. The van der Waals surface area contributed by atoms with Crippen LogP contribution in [0.4, 0.5) is 5.69 Å². The van der Waals surface area contributed by atoms with Gasteiger partial charge in [-0.2, -0.15) is 0 Å². The molecule has 104 valence electrons. The first kappa shape index (κ1) is 13.9. The van der Waals surface area contributed by atoms with Crippen molar-refractivity contribution in [3.05, 3.63) is 47.3 Å². The van der Waals surface area contributed by atoms with Crippen LogP contribution < -0.4 is 10.6 Å². The van der Waals surface area contributed by atoms with E-state index in [2.05, 4.69) is 25.6 Å². The molecule has 1 amide bonds. The molecule has 0 saturated heterocycles. The molecule has 0 spiro atoms. The fraction of sp³-hybridized carbons (Fsp3) is 0.286. The summed E-state index contributed by atoms with van der Waals surface area (Å²) in [5.74, 6) is -0.191. The van der Waals surface area contributed by atoms with Crippen molar-refractivity contribution in [1.29, 1.82) is 0 Å². The van der Waals surface area contributed by atoms with Crippen LogP contribution in [0.2, 0.25) is 0 Å². The largest absolute Gasteiger partial charge is 0.387 e. The summed E-state index contributed by atoms with van der Waals surface area (Å²) in [4.78, 5) is 24.6. The van der Waals surface area contributed by atoms with Crippen molar-refractivity contribution >= 4 is 11.6 Å². The lowest BCUT2D eigenvalue weighted by Gasteiger charge is -2.10. The Morgan fingerprint density at radius 2 is 1.85 bits per heavy atom. The van der Waals surface area contributed by atoms with E-state index in [-0.39, 0.29) is 5.91 Å². The number of rotatable bonds is 4. The number of hydrogen-bond acceptors (Lipinski definition) is 5. The van der Waals surface area contributed by atoms with Gasteiger partial charge in [0.25, 0.3) is 5.91 Å². The highest BCUT2D eigenvalue weighted by Crippen LogP contribution is 2.14. The van der Waals surface area contributed by atoms with Gasteiger partial charge >= 0.3 is 0 Å². The van der Waals surface area contributed by atoms with Gasteiger partial charge in [0.1, 0.15) is 0 Å². The van der Waals surface area contributed by atoms with Gasteiger partial charge < -0.3 is 10.6 Å². The third kappa shape index (κ3) is 3.28. The van der Waals surface area contributed by atoms with Gasteiger partial charge in [0, 0.05) is 25.1 Å². The van der Waals surface area contributed by atoms with Crippen LogP contribution >= 0.6 is 0 Å². The van der Waals surface area contributed by atoms with E-state index in [0.717, 1.165) is 22.8 Å². The molecule has 0 unspecified atom stereocenters. The van der Waals surface area contributed by atoms with Crippen molar-refractivity contribution < 1.29 is 4.79 Å². The molecule has 0 fully saturated rings. The lowest BCUT2D eigenvalue weighted by atomic mass is 10.2. The molecule has 0 aromatic carbocycles. The number of anilines is 1. The molecule has 0 bridgehead atoms. The minimum absolute atomic E-state index is 0.191. The number of aryl methyl sites for hydroxylation is 2. The van der Waals surface area contributed by atoms with Gasteiger partial charge in [-0.05, 0) is 19.9 Å². The van der Waals surface area contributed by atoms with Crippen molar-refractivity contribution in [3.8, 4) is 0 Å². The second-order valence-electron chi connectivity index (χ2n) is 4.45. The average Bonchev–Trinajstić information content (AvgIpc) is 2.46. The van der Waals surface area contributed by atoms with Crippen molar-refractivity contribution in [1.82, 2.24) is 20.3 Å². The number of carbonyl (C=O) groups is 1. The molecule has 0 aliphatic heterocycles. The van der Waals surface area contributed by atoms with Crippen LogP contribution in [0.15, 0.2) is 24.7 Å². The van der Waals surface area contributed by atoms with E-state index in [1.807, 2.05) is 19.9 Å². The van der Waals surface area contributed by atoms with E-state index >= 15 is 0 Å². The van der Waals surface area contributed by atoms with Gasteiger partial charge in [-0.3, -0.25) is 19.7 Å². The molecule has 2 aromatic heterocycles. The zero-order chi connectivity index (χ0) is 14.5. The highest BCUT2D eigenvalue weighted by molar-refractivity contribution is 5.99. The van der Waals surface area contributed by atoms with Crippen molar-refractivity contribution in [3.63, 3.8) is 0 Å². The number of nitrogens with zero attached hydrogens (tertiary/aromatic N) is 3. The Labute approximate surface area is 117 Å². The summed E-state index contributed by atoms with van der Waals surface area (Å²) in [6, 6.07) is 1.83. The average molecular weight is 271 g/mol. The number of amides is 1. The molecule has 0 atom stereocenters. The predicted molar refractivity (Wildman–Crippen MR) is 76.5 cm³/mol. The Kier molecular flexibility index (Phi) is 4.24. The first-order valence-electron chi connectivity index (χ1n) is 6.30. The SMILES string of the molecule is CNc1cc(C)ncc1C(=O)NCc1cnc(C)cn1. The number of carbonyl (C=O) groups excluding carboxylic acids is 1. The Morgan fingerprint density at radius 3 is 2.50 bits per heavy atom. The number of nitrogens with one attached hydrogen (secondary N) is 2. The Morgan fingerprint density at radius 1 is 1.10 bits per heavy atom. The summed E-state index contributed by atoms with van der Waals surface area (Å²) < 4.78 is 0. The summed E-state index contributed by atoms with van der Waals surface area (Å²) in [5.41, 5.74) is 3.69. The maximum absolute atomic E-state index is 12.1. The maximum atomic E-state index is 12.1. The molecule has 2 N–H and O–H groups in total. The summed E-state index contributed by atoms with van der Waals surface area (Å²) >= 11 is 0. The van der Waals surface area contributed by atoms with Crippen LogP contribution in [0.3, 0.4) is 0 Å². The Hall–Kier alpha value is -2.50. The minimum Gasteiger partial charge on any atom is -0.387 e. The van der Waals surface area contributed by atoms with Crippen molar-refractivity contribution in [2.75, 3.05) is 12.4 Å². The Balaban J connectivity index is 2.07. The second kappa shape index (κ2) is 6.10. The van der Waals surface area contributed by atoms with Crippen LogP contribution in [0.1, 0.15) is 27.4 Å².